The number of rotatable bonds is 3. The average molecular weight is 250 g/mol. The average Bonchev–Trinajstić information content (AvgIpc) is 2.49. The molecule has 0 amide bonds. The van der Waals surface area contributed by atoms with E-state index < -0.39 is 0 Å². The molecule has 3 N–H and O–H groups in total. The van der Waals surface area contributed by atoms with Gasteiger partial charge >= 0.3 is 0 Å². The minimum Gasteiger partial charge on any atom is -0.271 e. The van der Waals surface area contributed by atoms with Crippen molar-refractivity contribution in [3.05, 3.63) is 72.2 Å². The number of hydrogen-bond acceptors (Lipinski definition) is 4. The molecule has 0 radical (unpaired) electrons. The molecule has 0 bridgehead atoms. The van der Waals surface area contributed by atoms with Crippen LogP contribution in [0.25, 0.3) is 10.9 Å². The summed E-state index contributed by atoms with van der Waals surface area (Å²) in [7, 11) is 0. The summed E-state index contributed by atoms with van der Waals surface area (Å²) in [4.78, 5) is 8.77. The molecule has 1 aromatic carbocycles. The molecule has 0 aliphatic heterocycles. The fourth-order valence-corrected chi connectivity index (χ4v) is 2.14. The zero-order valence-electron chi connectivity index (χ0n) is 10.3. The van der Waals surface area contributed by atoms with Crippen molar-refractivity contribution in [1.82, 2.24) is 15.4 Å². The van der Waals surface area contributed by atoms with Gasteiger partial charge in [-0.15, -0.1) is 0 Å². The number of para-hydroxylation sites is 1. The van der Waals surface area contributed by atoms with Crippen LogP contribution in [-0.2, 0) is 0 Å². The normalized spacial score (nSPS) is 12.5. The van der Waals surface area contributed by atoms with Crippen LogP contribution < -0.4 is 11.3 Å². The van der Waals surface area contributed by atoms with E-state index >= 15 is 0 Å². The second-order valence-electron chi connectivity index (χ2n) is 4.31. The molecular formula is C15H14N4. The highest BCUT2D eigenvalue weighted by molar-refractivity contribution is 5.78. The SMILES string of the molecule is NNC(c1cccnc1)c1ccc2ccccc2n1. The summed E-state index contributed by atoms with van der Waals surface area (Å²) < 4.78 is 0. The van der Waals surface area contributed by atoms with Crippen molar-refractivity contribution < 1.29 is 0 Å². The number of nitrogens with one attached hydrogen (secondary N) is 1. The first kappa shape index (κ1) is 11.8. The Labute approximate surface area is 111 Å². The quantitative estimate of drug-likeness (QED) is 0.552. The van der Waals surface area contributed by atoms with Crippen LogP contribution >= 0.6 is 0 Å². The molecule has 3 rings (SSSR count). The zero-order chi connectivity index (χ0) is 13.1. The summed E-state index contributed by atoms with van der Waals surface area (Å²) >= 11 is 0. The van der Waals surface area contributed by atoms with E-state index in [1.54, 1.807) is 12.4 Å². The molecular weight excluding hydrogens is 236 g/mol. The third-order valence-corrected chi connectivity index (χ3v) is 3.10. The van der Waals surface area contributed by atoms with Gasteiger partial charge in [0.2, 0.25) is 0 Å². The Morgan fingerprint density at radius 1 is 1.00 bits per heavy atom. The second-order valence-corrected chi connectivity index (χ2v) is 4.31. The number of hydrazine groups is 1. The Kier molecular flexibility index (Phi) is 3.18. The zero-order valence-corrected chi connectivity index (χ0v) is 10.3. The highest BCUT2D eigenvalue weighted by Crippen LogP contribution is 2.21. The number of benzene rings is 1. The predicted octanol–water partition coefficient (Wildman–Crippen LogP) is 2.18. The molecule has 0 aliphatic carbocycles. The molecule has 0 fully saturated rings. The summed E-state index contributed by atoms with van der Waals surface area (Å²) in [5.74, 6) is 5.66. The largest absolute Gasteiger partial charge is 0.271 e. The van der Waals surface area contributed by atoms with Crippen LogP contribution in [0.1, 0.15) is 17.3 Å². The molecule has 3 aromatic rings. The van der Waals surface area contributed by atoms with Gasteiger partial charge in [-0.25, -0.2) is 5.43 Å². The van der Waals surface area contributed by atoms with Crippen LogP contribution in [0.3, 0.4) is 0 Å². The van der Waals surface area contributed by atoms with E-state index in [9.17, 15) is 0 Å². The van der Waals surface area contributed by atoms with E-state index in [0.29, 0.717) is 0 Å². The molecule has 19 heavy (non-hydrogen) atoms. The summed E-state index contributed by atoms with van der Waals surface area (Å²) in [6.07, 6.45) is 3.53. The number of fused-ring (bicyclic) bond motifs is 1. The monoisotopic (exact) mass is 250 g/mol. The topological polar surface area (TPSA) is 63.8 Å². The fraction of sp³-hybridized carbons (Fsp3) is 0.0667. The van der Waals surface area contributed by atoms with Crippen molar-refractivity contribution in [2.24, 2.45) is 5.84 Å². The van der Waals surface area contributed by atoms with Crippen LogP contribution in [0.5, 0.6) is 0 Å². The van der Waals surface area contributed by atoms with E-state index in [1.165, 1.54) is 0 Å². The summed E-state index contributed by atoms with van der Waals surface area (Å²) in [5, 5.41) is 1.12. The third-order valence-electron chi connectivity index (χ3n) is 3.10. The smallest absolute Gasteiger partial charge is 0.0896 e. The standard InChI is InChI=1S/C15H14N4/c16-19-15(12-5-3-9-17-10-12)14-8-7-11-4-1-2-6-13(11)18-14/h1-10,15,19H,16H2. The van der Waals surface area contributed by atoms with Crippen molar-refractivity contribution in [3.8, 4) is 0 Å². The summed E-state index contributed by atoms with van der Waals surface area (Å²) in [5.41, 5.74) is 5.64. The molecule has 1 atom stereocenters. The minimum absolute atomic E-state index is 0.154. The number of aromatic nitrogens is 2. The number of pyridine rings is 2. The van der Waals surface area contributed by atoms with Gasteiger partial charge in [0, 0.05) is 17.8 Å². The van der Waals surface area contributed by atoms with Gasteiger partial charge in [-0.1, -0.05) is 30.3 Å². The molecule has 4 heteroatoms. The van der Waals surface area contributed by atoms with Gasteiger partial charge in [0.25, 0.3) is 0 Å². The van der Waals surface area contributed by atoms with Gasteiger partial charge in [0.15, 0.2) is 0 Å². The molecule has 0 aliphatic rings. The Morgan fingerprint density at radius 3 is 2.68 bits per heavy atom. The van der Waals surface area contributed by atoms with Crippen LogP contribution in [-0.4, -0.2) is 9.97 Å². The lowest BCUT2D eigenvalue weighted by atomic mass is 10.0. The molecule has 2 aromatic heterocycles. The Hall–Kier alpha value is -2.30. The minimum atomic E-state index is -0.154. The van der Waals surface area contributed by atoms with E-state index in [0.717, 1.165) is 22.2 Å². The van der Waals surface area contributed by atoms with E-state index in [1.807, 2.05) is 42.5 Å². The summed E-state index contributed by atoms with van der Waals surface area (Å²) in [6.45, 7) is 0. The van der Waals surface area contributed by atoms with Gasteiger partial charge in [-0.2, -0.15) is 0 Å². The lowest BCUT2D eigenvalue weighted by molar-refractivity contribution is 0.621. The van der Waals surface area contributed by atoms with E-state index in [2.05, 4.69) is 21.5 Å². The maximum absolute atomic E-state index is 5.66. The van der Waals surface area contributed by atoms with Gasteiger partial charge < -0.3 is 0 Å². The van der Waals surface area contributed by atoms with Crippen molar-refractivity contribution in [3.63, 3.8) is 0 Å². The predicted molar refractivity (Wildman–Crippen MR) is 75.1 cm³/mol. The molecule has 0 saturated carbocycles. The van der Waals surface area contributed by atoms with Crippen LogP contribution in [0.2, 0.25) is 0 Å². The molecule has 2 heterocycles. The molecule has 94 valence electrons. The van der Waals surface area contributed by atoms with Crippen molar-refractivity contribution in [1.29, 1.82) is 0 Å². The van der Waals surface area contributed by atoms with E-state index in [4.69, 9.17) is 5.84 Å². The lowest BCUT2D eigenvalue weighted by Crippen LogP contribution is -2.29. The molecule has 1 unspecified atom stereocenters. The first-order chi connectivity index (χ1) is 9.38. The van der Waals surface area contributed by atoms with Gasteiger partial charge in [0.1, 0.15) is 0 Å². The van der Waals surface area contributed by atoms with Gasteiger partial charge in [-0.3, -0.25) is 15.8 Å². The van der Waals surface area contributed by atoms with Crippen molar-refractivity contribution >= 4 is 10.9 Å². The van der Waals surface area contributed by atoms with Gasteiger partial charge in [0.05, 0.1) is 17.3 Å². The van der Waals surface area contributed by atoms with Crippen molar-refractivity contribution in [2.75, 3.05) is 0 Å². The number of nitrogens with two attached hydrogens (primary N) is 1. The van der Waals surface area contributed by atoms with Crippen LogP contribution in [0, 0.1) is 0 Å². The Balaban J connectivity index is 2.06. The Morgan fingerprint density at radius 2 is 1.89 bits per heavy atom. The number of nitrogens with zero attached hydrogens (tertiary/aromatic N) is 2. The molecule has 4 nitrogen and oxygen atoms in total. The van der Waals surface area contributed by atoms with E-state index in [-0.39, 0.29) is 6.04 Å². The first-order valence-electron chi connectivity index (χ1n) is 6.10. The lowest BCUT2D eigenvalue weighted by Gasteiger charge is -2.15. The van der Waals surface area contributed by atoms with Gasteiger partial charge in [-0.05, 0) is 23.8 Å². The third kappa shape index (κ3) is 2.31. The highest BCUT2D eigenvalue weighted by atomic mass is 15.2. The maximum Gasteiger partial charge on any atom is 0.0896 e. The summed E-state index contributed by atoms with van der Waals surface area (Å²) in [6, 6.07) is 15.8. The first-order valence-corrected chi connectivity index (χ1v) is 6.10. The Bertz CT molecular complexity index is 682. The molecule has 0 saturated heterocycles. The molecule has 0 spiro atoms. The highest BCUT2D eigenvalue weighted by Gasteiger charge is 2.14. The second kappa shape index (κ2) is 5.14. The van der Waals surface area contributed by atoms with Crippen LogP contribution in [0.4, 0.5) is 0 Å². The van der Waals surface area contributed by atoms with Crippen molar-refractivity contribution in [2.45, 2.75) is 6.04 Å². The fourth-order valence-electron chi connectivity index (χ4n) is 2.14. The number of hydrogen-bond donors (Lipinski definition) is 2. The van der Waals surface area contributed by atoms with Crippen LogP contribution in [0.15, 0.2) is 60.9 Å². The maximum atomic E-state index is 5.66.